The Balaban J connectivity index is 2.00. The first-order valence-corrected chi connectivity index (χ1v) is 6.66. The molecule has 0 aliphatic carbocycles. The van der Waals surface area contributed by atoms with Crippen molar-refractivity contribution in [2.75, 3.05) is 19.7 Å². The molecular formula is C14H20ClNO. The monoisotopic (exact) mass is 253 g/mol. The minimum Gasteiger partial charge on any atom is -0.395 e. The second-order valence-corrected chi connectivity index (χ2v) is 5.50. The molecule has 0 amide bonds. The number of hydrogen-bond acceptors (Lipinski definition) is 2. The highest BCUT2D eigenvalue weighted by atomic mass is 35.5. The zero-order chi connectivity index (χ0) is 12.3. The van der Waals surface area contributed by atoms with Crippen molar-refractivity contribution in [2.24, 2.45) is 5.92 Å². The van der Waals surface area contributed by atoms with Crippen LogP contribution in [0.15, 0.2) is 24.3 Å². The molecule has 2 atom stereocenters. The summed E-state index contributed by atoms with van der Waals surface area (Å²) in [5, 5.41) is 10.3. The van der Waals surface area contributed by atoms with Crippen LogP contribution in [0.5, 0.6) is 0 Å². The fourth-order valence-corrected chi connectivity index (χ4v) is 2.76. The van der Waals surface area contributed by atoms with Gasteiger partial charge in [0.15, 0.2) is 0 Å². The Bertz CT molecular complexity index is 369. The number of benzene rings is 1. The largest absolute Gasteiger partial charge is 0.395 e. The lowest BCUT2D eigenvalue weighted by Crippen LogP contribution is -2.37. The first-order valence-electron chi connectivity index (χ1n) is 6.28. The van der Waals surface area contributed by atoms with Crippen molar-refractivity contribution in [2.45, 2.75) is 25.8 Å². The van der Waals surface area contributed by atoms with E-state index in [9.17, 15) is 5.11 Å². The summed E-state index contributed by atoms with van der Waals surface area (Å²) in [5.74, 6) is 0.753. The summed E-state index contributed by atoms with van der Waals surface area (Å²) in [6.45, 7) is 4.70. The first-order chi connectivity index (χ1) is 8.19. The van der Waals surface area contributed by atoms with Crippen molar-refractivity contribution < 1.29 is 5.11 Å². The van der Waals surface area contributed by atoms with Crippen LogP contribution >= 0.6 is 11.6 Å². The molecule has 3 heteroatoms. The molecule has 2 rings (SSSR count). The van der Waals surface area contributed by atoms with Crippen LogP contribution in [0.4, 0.5) is 0 Å². The van der Waals surface area contributed by atoms with Crippen molar-refractivity contribution in [3.8, 4) is 0 Å². The van der Waals surface area contributed by atoms with Gasteiger partial charge in [-0.1, -0.05) is 30.7 Å². The molecule has 1 heterocycles. The molecule has 0 bridgehead atoms. The molecule has 1 aliphatic heterocycles. The van der Waals surface area contributed by atoms with Gasteiger partial charge in [-0.05, 0) is 43.0 Å². The van der Waals surface area contributed by atoms with Crippen LogP contribution in [-0.4, -0.2) is 35.7 Å². The van der Waals surface area contributed by atoms with E-state index in [1.165, 1.54) is 12.0 Å². The van der Waals surface area contributed by atoms with Gasteiger partial charge in [0.05, 0.1) is 6.61 Å². The topological polar surface area (TPSA) is 23.5 Å². The number of aliphatic hydroxyl groups excluding tert-OH is 1. The van der Waals surface area contributed by atoms with Crippen LogP contribution in [0.1, 0.15) is 18.9 Å². The Morgan fingerprint density at radius 1 is 1.53 bits per heavy atom. The number of rotatable bonds is 4. The highest BCUT2D eigenvalue weighted by molar-refractivity contribution is 6.30. The van der Waals surface area contributed by atoms with Crippen molar-refractivity contribution in [3.63, 3.8) is 0 Å². The van der Waals surface area contributed by atoms with Crippen molar-refractivity contribution in [1.82, 2.24) is 4.90 Å². The van der Waals surface area contributed by atoms with Crippen LogP contribution in [0.3, 0.4) is 0 Å². The van der Waals surface area contributed by atoms with E-state index in [1.807, 2.05) is 18.2 Å². The average molecular weight is 254 g/mol. The zero-order valence-corrected chi connectivity index (χ0v) is 11.0. The summed E-state index contributed by atoms with van der Waals surface area (Å²) in [4.78, 5) is 2.39. The quantitative estimate of drug-likeness (QED) is 0.892. The van der Waals surface area contributed by atoms with Crippen LogP contribution in [0.2, 0.25) is 5.02 Å². The minimum absolute atomic E-state index is 0.221. The summed E-state index contributed by atoms with van der Waals surface area (Å²) in [6, 6.07) is 8.16. The van der Waals surface area contributed by atoms with Gasteiger partial charge in [0.25, 0.3) is 0 Å². The highest BCUT2D eigenvalue weighted by Gasteiger charge is 2.25. The summed E-state index contributed by atoms with van der Waals surface area (Å²) < 4.78 is 0. The molecule has 0 aromatic heterocycles. The third-order valence-electron chi connectivity index (χ3n) is 3.54. The molecular weight excluding hydrogens is 234 g/mol. The maximum absolute atomic E-state index is 9.53. The molecule has 1 aromatic rings. The van der Waals surface area contributed by atoms with Gasteiger partial charge >= 0.3 is 0 Å². The SMILES string of the molecule is CC1CCN(C(CO)Cc2cccc(Cl)c2)C1. The fourth-order valence-electron chi connectivity index (χ4n) is 2.55. The maximum Gasteiger partial charge on any atom is 0.0590 e. The van der Waals surface area contributed by atoms with E-state index in [2.05, 4.69) is 17.9 Å². The summed E-state index contributed by atoms with van der Waals surface area (Å²) in [5.41, 5.74) is 1.20. The van der Waals surface area contributed by atoms with E-state index in [0.717, 1.165) is 30.5 Å². The molecule has 0 spiro atoms. The zero-order valence-electron chi connectivity index (χ0n) is 10.3. The van der Waals surface area contributed by atoms with Gasteiger partial charge < -0.3 is 5.11 Å². The van der Waals surface area contributed by atoms with E-state index in [-0.39, 0.29) is 12.6 Å². The second kappa shape index (κ2) is 5.85. The van der Waals surface area contributed by atoms with Crippen LogP contribution < -0.4 is 0 Å². The minimum atomic E-state index is 0.221. The number of halogens is 1. The Kier molecular flexibility index (Phi) is 4.43. The van der Waals surface area contributed by atoms with Crippen LogP contribution in [-0.2, 0) is 6.42 Å². The van der Waals surface area contributed by atoms with Gasteiger partial charge in [-0.2, -0.15) is 0 Å². The van der Waals surface area contributed by atoms with Gasteiger partial charge in [0.2, 0.25) is 0 Å². The molecule has 94 valence electrons. The van der Waals surface area contributed by atoms with Gasteiger partial charge in [0, 0.05) is 17.6 Å². The molecule has 1 aromatic carbocycles. The molecule has 0 radical (unpaired) electrons. The van der Waals surface area contributed by atoms with E-state index in [0.29, 0.717) is 0 Å². The van der Waals surface area contributed by atoms with E-state index in [1.54, 1.807) is 0 Å². The molecule has 0 saturated carbocycles. The average Bonchev–Trinajstić information content (AvgIpc) is 2.73. The fraction of sp³-hybridized carbons (Fsp3) is 0.571. The summed E-state index contributed by atoms with van der Waals surface area (Å²) in [7, 11) is 0. The molecule has 1 saturated heterocycles. The Hall–Kier alpha value is -0.570. The lowest BCUT2D eigenvalue weighted by molar-refractivity contribution is 0.142. The van der Waals surface area contributed by atoms with Crippen LogP contribution in [0, 0.1) is 5.92 Å². The van der Waals surface area contributed by atoms with Crippen LogP contribution in [0.25, 0.3) is 0 Å². The third kappa shape index (κ3) is 3.44. The van der Waals surface area contributed by atoms with Gasteiger partial charge in [-0.25, -0.2) is 0 Å². The molecule has 17 heavy (non-hydrogen) atoms. The standard InChI is InChI=1S/C14H20ClNO/c1-11-5-6-16(9-11)14(10-17)8-12-3-2-4-13(15)7-12/h2-4,7,11,14,17H,5-6,8-10H2,1H3. The normalized spacial score (nSPS) is 22.9. The molecule has 1 fully saturated rings. The Morgan fingerprint density at radius 3 is 2.94 bits per heavy atom. The summed E-state index contributed by atoms with van der Waals surface area (Å²) in [6.07, 6.45) is 2.12. The molecule has 1 aliphatic rings. The van der Waals surface area contributed by atoms with Crippen molar-refractivity contribution >= 4 is 11.6 Å². The van der Waals surface area contributed by atoms with Gasteiger partial charge in [0.1, 0.15) is 0 Å². The number of nitrogens with zero attached hydrogens (tertiary/aromatic N) is 1. The lowest BCUT2D eigenvalue weighted by atomic mass is 10.1. The molecule has 2 nitrogen and oxygen atoms in total. The maximum atomic E-state index is 9.53. The lowest BCUT2D eigenvalue weighted by Gasteiger charge is -2.26. The number of aliphatic hydroxyl groups is 1. The Morgan fingerprint density at radius 2 is 2.35 bits per heavy atom. The summed E-state index contributed by atoms with van der Waals surface area (Å²) >= 11 is 5.98. The van der Waals surface area contributed by atoms with Gasteiger partial charge in [-0.15, -0.1) is 0 Å². The molecule has 2 unspecified atom stereocenters. The molecule has 1 N–H and O–H groups in total. The highest BCUT2D eigenvalue weighted by Crippen LogP contribution is 2.20. The van der Waals surface area contributed by atoms with E-state index in [4.69, 9.17) is 11.6 Å². The number of hydrogen-bond donors (Lipinski definition) is 1. The van der Waals surface area contributed by atoms with Gasteiger partial charge in [-0.3, -0.25) is 4.90 Å². The van der Waals surface area contributed by atoms with Crippen molar-refractivity contribution in [3.05, 3.63) is 34.9 Å². The van der Waals surface area contributed by atoms with E-state index >= 15 is 0 Å². The smallest absolute Gasteiger partial charge is 0.0590 e. The number of likely N-dealkylation sites (tertiary alicyclic amines) is 1. The second-order valence-electron chi connectivity index (χ2n) is 5.06. The van der Waals surface area contributed by atoms with Crippen molar-refractivity contribution in [1.29, 1.82) is 0 Å². The van der Waals surface area contributed by atoms with E-state index < -0.39 is 0 Å². The third-order valence-corrected chi connectivity index (χ3v) is 3.78. The first kappa shape index (κ1) is 12.9. The predicted octanol–water partition coefficient (Wildman–Crippen LogP) is 2.59. The predicted molar refractivity (Wildman–Crippen MR) is 71.4 cm³/mol. The Labute approximate surface area is 108 Å².